The Morgan fingerprint density at radius 1 is 1.38 bits per heavy atom. The third-order valence-electron chi connectivity index (χ3n) is 2.98. The van der Waals surface area contributed by atoms with E-state index >= 15 is 0 Å². The van der Waals surface area contributed by atoms with Crippen LogP contribution in [-0.4, -0.2) is 35.5 Å². The molecule has 1 saturated heterocycles. The summed E-state index contributed by atoms with van der Waals surface area (Å²) in [4.78, 5) is 14.0. The van der Waals surface area contributed by atoms with Gasteiger partial charge in [-0.3, -0.25) is 10.1 Å². The van der Waals surface area contributed by atoms with Gasteiger partial charge in [0.05, 0.1) is 11.6 Å². The van der Waals surface area contributed by atoms with Crippen LogP contribution in [0.2, 0.25) is 0 Å². The lowest BCUT2D eigenvalue weighted by Gasteiger charge is -2.32. The number of carbonyl (C=O) groups excluding carboxylic acids is 1. The summed E-state index contributed by atoms with van der Waals surface area (Å²) >= 11 is 0. The van der Waals surface area contributed by atoms with Gasteiger partial charge < -0.3 is 4.90 Å². The van der Waals surface area contributed by atoms with E-state index in [4.69, 9.17) is 6.42 Å². The van der Waals surface area contributed by atoms with Crippen LogP contribution in [0.15, 0.2) is 0 Å². The van der Waals surface area contributed by atoms with E-state index in [0.717, 1.165) is 25.9 Å². The van der Waals surface area contributed by atoms with Crippen molar-refractivity contribution in [3.63, 3.8) is 0 Å². The van der Waals surface area contributed by atoms with Gasteiger partial charge in [-0.15, -0.1) is 6.42 Å². The highest BCUT2D eigenvalue weighted by Gasteiger charge is 2.26. The largest absolute Gasteiger partial charge is 0.341 e. The molecule has 3 heteroatoms. The average molecular weight is 222 g/mol. The van der Waals surface area contributed by atoms with Gasteiger partial charge in [-0.25, -0.2) is 0 Å². The monoisotopic (exact) mass is 222 g/mol. The Morgan fingerprint density at radius 3 is 2.44 bits per heavy atom. The molecule has 3 nitrogen and oxygen atoms in total. The Bertz CT molecular complexity index is 285. The van der Waals surface area contributed by atoms with Crippen molar-refractivity contribution in [2.45, 2.75) is 51.6 Å². The van der Waals surface area contributed by atoms with Crippen LogP contribution >= 0.6 is 0 Å². The zero-order valence-electron chi connectivity index (χ0n) is 10.5. The molecular formula is C13H22N2O. The Kier molecular flexibility index (Phi) is 4.37. The number of piperidine rings is 1. The first-order chi connectivity index (χ1) is 7.46. The minimum Gasteiger partial charge on any atom is -0.341 e. The highest BCUT2D eigenvalue weighted by Crippen LogP contribution is 2.11. The van der Waals surface area contributed by atoms with Crippen LogP contribution in [0.5, 0.6) is 0 Å². The summed E-state index contributed by atoms with van der Waals surface area (Å²) in [6, 6.07) is -0.204. The number of nitrogens with zero attached hydrogens (tertiary/aromatic N) is 1. The molecule has 1 atom stereocenters. The molecule has 1 aliphatic rings. The topological polar surface area (TPSA) is 32.3 Å². The van der Waals surface area contributed by atoms with E-state index in [1.54, 1.807) is 0 Å². The maximum absolute atomic E-state index is 12.1. The molecule has 1 amide bonds. The quantitative estimate of drug-likeness (QED) is 0.732. The van der Waals surface area contributed by atoms with Crippen molar-refractivity contribution < 1.29 is 4.79 Å². The van der Waals surface area contributed by atoms with Crippen LogP contribution < -0.4 is 5.32 Å². The fourth-order valence-electron chi connectivity index (χ4n) is 2.03. The van der Waals surface area contributed by atoms with Gasteiger partial charge in [0, 0.05) is 13.1 Å². The van der Waals surface area contributed by atoms with Gasteiger partial charge in [-0.05, 0) is 40.0 Å². The molecule has 0 aromatic heterocycles. The highest BCUT2D eigenvalue weighted by atomic mass is 16.2. The molecule has 1 rings (SSSR count). The van der Waals surface area contributed by atoms with Gasteiger partial charge in [-0.2, -0.15) is 0 Å². The molecule has 0 radical (unpaired) electrons. The molecule has 0 spiro atoms. The Balaban J connectivity index is 2.50. The van der Waals surface area contributed by atoms with Crippen molar-refractivity contribution in [3.8, 4) is 12.3 Å². The van der Waals surface area contributed by atoms with Crippen molar-refractivity contribution in [1.29, 1.82) is 0 Å². The molecular weight excluding hydrogens is 200 g/mol. The maximum atomic E-state index is 12.1. The van der Waals surface area contributed by atoms with E-state index < -0.39 is 5.54 Å². The van der Waals surface area contributed by atoms with Crippen molar-refractivity contribution >= 4 is 5.91 Å². The molecule has 16 heavy (non-hydrogen) atoms. The molecule has 0 saturated carbocycles. The first-order valence-electron chi connectivity index (χ1n) is 6.00. The standard InChI is InChI=1S/C13H22N2O/c1-5-13(3,4)14-11(2)12(16)15-9-7-6-8-10-15/h1,11,14H,6-10H2,2-4H3. The van der Waals surface area contributed by atoms with Gasteiger partial charge >= 0.3 is 0 Å². The van der Waals surface area contributed by atoms with Crippen LogP contribution in [0.25, 0.3) is 0 Å². The van der Waals surface area contributed by atoms with E-state index in [2.05, 4.69) is 11.2 Å². The van der Waals surface area contributed by atoms with Crippen molar-refractivity contribution in [2.24, 2.45) is 0 Å². The predicted octanol–water partition coefficient (Wildman–Crippen LogP) is 1.39. The number of likely N-dealkylation sites (tertiary alicyclic amines) is 1. The number of rotatable bonds is 3. The second-order valence-electron chi connectivity index (χ2n) is 5.02. The molecule has 1 fully saturated rings. The SMILES string of the molecule is C#CC(C)(C)NC(C)C(=O)N1CCCCC1. The molecule has 0 aliphatic carbocycles. The van der Waals surface area contributed by atoms with E-state index in [-0.39, 0.29) is 11.9 Å². The second kappa shape index (κ2) is 5.36. The average Bonchev–Trinajstić information content (AvgIpc) is 2.28. The van der Waals surface area contributed by atoms with Crippen LogP contribution in [-0.2, 0) is 4.79 Å². The first kappa shape index (κ1) is 13.1. The zero-order valence-corrected chi connectivity index (χ0v) is 10.5. The molecule has 1 N–H and O–H groups in total. The number of carbonyl (C=O) groups is 1. The van der Waals surface area contributed by atoms with Crippen LogP contribution in [0, 0.1) is 12.3 Å². The molecule has 90 valence electrons. The summed E-state index contributed by atoms with van der Waals surface area (Å²) in [6.07, 6.45) is 8.88. The molecule has 1 aliphatic heterocycles. The van der Waals surface area contributed by atoms with Crippen molar-refractivity contribution in [3.05, 3.63) is 0 Å². The fraction of sp³-hybridized carbons (Fsp3) is 0.769. The van der Waals surface area contributed by atoms with Gasteiger partial charge in [0.1, 0.15) is 0 Å². The maximum Gasteiger partial charge on any atom is 0.239 e. The summed E-state index contributed by atoms with van der Waals surface area (Å²) in [6.45, 7) is 7.48. The second-order valence-corrected chi connectivity index (χ2v) is 5.02. The summed E-state index contributed by atoms with van der Waals surface area (Å²) in [5.41, 5.74) is -0.426. The Morgan fingerprint density at radius 2 is 1.94 bits per heavy atom. The predicted molar refractivity (Wildman–Crippen MR) is 65.9 cm³/mol. The number of hydrogen-bond donors (Lipinski definition) is 1. The number of terminal acetylenes is 1. The van der Waals surface area contributed by atoms with E-state index in [9.17, 15) is 4.79 Å². The number of hydrogen-bond acceptors (Lipinski definition) is 2. The summed E-state index contributed by atoms with van der Waals surface area (Å²) in [5.74, 6) is 2.82. The van der Waals surface area contributed by atoms with Gasteiger partial charge in [0.2, 0.25) is 5.91 Å². The Hall–Kier alpha value is -1.01. The molecule has 0 bridgehead atoms. The third kappa shape index (κ3) is 3.53. The van der Waals surface area contributed by atoms with E-state index in [0.29, 0.717) is 0 Å². The minimum absolute atomic E-state index is 0.169. The van der Waals surface area contributed by atoms with Gasteiger partial charge in [0.25, 0.3) is 0 Å². The van der Waals surface area contributed by atoms with E-state index in [1.165, 1.54) is 6.42 Å². The van der Waals surface area contributed by atoms with Crippen LogP contribution in [0.3, 0.4) is 0 Å². The third-order valence-corrected chi connectivity index (χ3v) is 2.98. The summed E-state index contributed by atoms with van der Waals surface area (Å²) < 4.78 is 0. The van der Waals surface area contributed by atoms with Gasteiger partial charge in [-0.1, -0.05) is 5.92 Å². The lowest BCUT2D eigenvalue weighted by molar-refractivity contribution is -0.134. The lowest BCUT2D eigenvalue weighted by atomic mass is 10.0. The van der Waals surface area contributed by atoms with E-state index in [1.807, 2.05) is 25.7 Å². The number of nitrogens with one attached hydrogen (secondary N) is 1. The van der Waals surface area contributed by atoms with Crippen LogP contribution in [0.1, 0.15) is 40.0 Å². The summed E-state index contributed by atoms with van der Waals surface area (Å²) in [5, 5.41) is 3.18. The normalized spacial score (nSPS) is 19.0. The smallest absolute Gasteiger partial charge is 0.239 e. The summed E-state index contributed by atoms with van der Waals surface area (Å²) in [7, 11) is 0. The van der Waals surface area contributed by atoms with Gasteiger partial charge in [0.15, 0.2) is 0 Å². The first-order valence-corrected chi connectivity index (χ1v) is 6.00. The number of amides is 1. The lowest BCUT2D eigenvalue weighted by Crippen LogP contribution is -2.52. The Labute approximate surface area is 98.6 Å². The zero-order chi connectivity index (χ0) is 12.2. The molecule has 1 unspecified atom stereocenters. The minimum atomic E-state index is -0.426. The highest BCUT2D eigenvalue weighted by molar-refractivity contribution is 5.81. The molecule has 0 aromatic rings. The molecule has 1 heterocycles. The van der Waals surface area contributed by atoms with Crippen LogP contribution in [0.4, 0.5) is 0 Å². The van der Waals surface area contributed by atoms with Crippen molar-refractivity contribution in [2.75, 3.05) is 13.1 Å². The fourth-order valence-corrected chi connectivity index (χ4v) is 2.03. The van der Waals surface area contributed by atoms with Crippen molar-refractivity contribution in [1.82, 2.24) is 10.2 Å². The molecule has 0 aromatic carbocycles.